The van der Waals surface area contributed by atoms with E-state index in [4.69, 9.17) is 15.2 Å². The molecule has 2 aromatic rings. The molecule has 0 aliphatic carbocycles. The van der Waals surface area contributed by atoms with Crippen molar-refractivity contribution in [2.75, 3.05) is 13.2 Å². The Labute approximate surface area is 124 Å². The minimum atomic E-state index is -0.437. The highest BCUT2D eigenvalue weighted by atomic mass is 16.5. The van der Waals surface area contributed by atoms with Crippen LogP contribution in [0.4, 0.5) is 0 Å². The van der Waals surface area contributed by atoms with Crippen molar-refractivity contribution in [3.63, 3.8) is 0 Å². The van der Waals surface area contributed by atoms with E-state index in [1.54, 1.807) is 24.3 Å². The Kier molecular flexibility index (Phi) is 5.21. The van der Waals surface area contributed by atoms with Crippen LogP contribution in [-0.2, 0) is 0 Å². The Morgan fingerprint density at radius 2 is 1.67 bits per heavy atom. The van der Waals surface area contributed by atoms with Crippen LogP contribution < -0.4 is 15.2 Å². The van der Waals surface area contributed by atoms with Crippen molar-refractivity contribution in [3.05, 3.63) is 59.7 Å². The van der Waals surface area contributed by atoms with Gasteiger partial charge in [-0.25, -0.2) is 0 Å². The molecular formula is C17H19NO3. The lowest BCUT2D eigenvalue weighted by Gasteiger charge is -2.09. The predicted octanol–water partition coefficient (Wildman–Crippen LogP) is 2.94. The molecule has 0 bridgehead atoms. The molecule has 0 spiro atoms. The third kappa shape index (κ3) is 4.53. The van der Waals surface area contributed by atoms with Gasteiger partial charge in [0.1, 0.15) is 11.5 Å². The topological polar surface area (TPSA) is 61.6 Å². The molecule has 0 saturated heterocycles. The van der Waals surface area contributed by atoms with Gasteiger partial charge >= 0.3 is 0 Å². The van der Waals surface area contributed by atoms with Crippen molar-refractivity contribution >= 4 is 5.91 Å². The first-order valence-electron chi connectivity index (χ1n) is 6.88. The van der Waals surface area contributed by atoms with E-state index in [0.717, 1.165) is 23.5 Å². The summed E-state index contributed by atoms with van der Waals surface area (Å²) >= 11 is 0. The molecule has 2 aromatic carbocycles. The van der Waals surface area contributed by atoms with Gasteiger partial charge < -0.3 is 15.2 Å². The normalized spacial score (nSPS) is 10.1. The highest BCUT2D eigenvalue weighted by molar-refractivity contribution is 5.92. The minimum absolute atomic E-state index is 0.437. The third-order valence-electron chi connectivity index (χ3n) is 3.05. The monoisotopic (exact) mass is 285 g/mol. The molecule has 0 fully saturated rings. The number of ether oxygens (including phenoxy) is 2. The summed E-state index contributed by atoms with van der Waals surface area (Å²) < 4.78 is 11.3. The van der Waals surface area contributed by atoms with Crippen LogP contribution in [0.5, 0.6) is 11.5 Å². The zero-order chi connectivity index (χ0) is 15.1. The second-order valence-electron chi connectivity index (χ2n) is 4.70. The second-order valence-corrected chi connectivity index (χ2v) is 4.70. The molecule has 0 aliphatic heterocycles. The quantitative estimate of drug-likeness (QED) is 0.796. The van der Waals surface area contributed by atoms with Crippen LogP contribution in [0, 0.1) is 6.92 Å². The van der Waals surface area contributed by atoms with E-state index in [2.05, 4.69) is 0 Å². The molecule has 0 heterocycles. The standard InChI is InChI=1S/C17H19NO3/c1-13-5-2-3-6-16(13)21-12-4-11-20-15-9-7-14(8-10-15)17(18)19/h2-3,5-10H,4,11-12H2,1H3,(H2,18,19). The van der Waals surface area contributed by atoms with Crippen molar-refractivity contribution in [1.82, 2.24) is 0 Å². The lowest BCUT2D eigenvalue weighted by Crippen LogP contribution is -2.10. The first-order chi connectivity index (χ1) is 10.2. The number of hydrogen-bond acceptors (Lipinski definition) is 3. The summed E-state index contributed by atoms with van der Waals surface area (Å²) in [5.74, 6) is 1.19. The fourth-order valence-corrected chi connectivity index (χ4v) is 1.86. The van der Waals surface area contributed by atoms with Crippen molar-refractivity contribution in [2.24, 2.45) is 5.73 Å². The van der Waals surface area contributed by atoms with Crippen molar-refractivity contribution in [1.29, 1.82) is 0 Å². The largest absolute Gasteiger partial charge is 0.493 e. The molecule has 0 saturated carbocycles. The number of carbonyl (C=O) groups excluding carboxylic acids is 1. The van der Waals surface area contributed by atoms with Crippen LogP contribution in [0.15, 0.2) is 48.5 Å². The van der Waals surface area contributed by atoms with Gasteiger partial charge in [-0.2, -0.15) is 0 Å². The smallest absolute Gasteiger partial charge is 0.248 e. The fraction of sp³-hybridized carbons (Fsp3) is 0.235. The summed E-state index contributed by atoms with van der Waals surface area (Å²) in [6, 6.07) is 14.7. The number of hydrogen-bond donors (Lipinski definition) is 1. The van der Waals surface area contributed by atoms with Gasteiger partial charge in [0.15, 0.2) is 0 Å². The van der Waals surface area contributed by atoms with Crippen LogP contribution in [-0.4, -0.2) is 19.1 Å². The lowest BCUT2D eigenvalue weighted by atomic mass is 10.2. The average Bonchev–Trinajstić information content (AvgIpc) is 2.49. The lowest BCUT2D eigenvalue weighted by molar-refractivity contribution is 0.100. The van der Waals surface area contributed by atoms with Gasteiger partial charge in [-0.05, 0) is 42.8 Å². The molecule has 0 atom stereocenters. The maximum absolute atomic E-state index is 10.9. The SMILES string of the molecule is Cc1ccccc1OCCCOc1ccc(C(N)=O)cc1. The Morgan fingerprint density at radius 1 is 1.00 bits per heavy atom. The number of rotatable bonds is 7. The number of primary amides is 1. The molecule has 2 N–H and O–H groups in total. The molecule has 0 aliphatic rings. The van der Waals surface area contributed by atoms with Gasteiger partial charge in [-0.1, -0.05) is 18.2 Å². The Hall–Kier alpha value is -2.49. The van der Waals surface area contributed by atoms with Crippen molar-refractivity contribution in [3.8, 4) is 11.5 Å². The van der Waals surface area contributed by atoms with Gasteiger partial charge in [-0.3, -0.25) is 4.79 Å². The number of aryl methyl sites for hydroxylation is 1. The summed E-state index contributed by atoms with van der Waals surface area (Å²) in [7, 11) is 0. The van der Waals surface area contributed by atoms with Gasteiger partial charge in [0.05, 0.1) is 13.2 Å². The summed E-state index contributed by atoms with van der Waals surface area (Å²) in [6.07, 6.45) is 0.784. The summed E-state index contributed by atoms with van der Waals surface area (Å²) in [5, 5.41) is 0. The van der Waals surface area contributed by atoms with E-state index in [-0.39, 0.29) is 0 Å². The predicted molar refractivity (Wildman–Crippen MR) is 81.7 cm³/mol. The molecule has 2 rings (SSSR count). The van der Waals surface area contributed by atoms with Crippen LogP contribution >= 0.6 is 0 Å². The molecule has 1 amide bonds. The van der Waals surface area contributed by atoms with Crippen LogP contribution in [0.2, 0.25) is 0 Å². The zero-order valence-corrected chi connectivity index (χ0v) is 12.0. The highest BCUT2D eigenvalue weighted by Crippen LogP contribution is 2.16. The second kappa shape index (κ2) is 7.33. The fourth-order valence-electron chi connectivity index (χ4n) is 1.86. The van der Waals surface area contributed by atoms with E-state index < -0.39 is 5.91 Å². The number of benzene rings is 2. The first kappa shape index (κ1) is 14.9. The van der Waals surface area contributed by atoms with E-state index in [1.807, 2.05) is 31.2 Å². The van der Waals surface area contributed by atoms with Crippen LogP contribution in [0.3, 0.4) is 0 Å². The molecule has 4 heteroatoms. The van der Waals surface area contributed by atoms with E-state index >= 15 is 0 Å². The molecular weight excluding hydrogens is 266 g/mol. The third-order valence-corrected chi connectivity index (χ3v) is 3.05. The number of amides is 1. The van der Waals surface area contributed by atoms with Gasteiger partial charge in [-0.15, -0.1) is 0 Å². The van der Waals surface area contributed by atoms with Crippen LogP contribution in [0.1, 0.15) is 22.3 Å². The molecule has 110 valence electrons. The summed E-state index contributed by atoms with van der Waals surface area (Å²) in [4.78, 5) is 10.9. The van der Waals surface area contributed by atoms with Gasteiger partial charge in [0, 0.05) is 12.0 Å². The number of carbonyl (C=O) groups is 1. The molecule has 0 aromatic heterocycles. The van der Waals surface area contributed by atoms with Gasteiger partial charge in [0.25, 0.3) is 0 Å². The molecule has 0 unspecified atom stereocenters. The minimum Gasteiger partial charge on any atom is -0.493 e. The average molecular weight is 285 g/mol. The van der Waals surface area contributed by atoms with E-state index in [0.29, 0.717) is 18.8 Å². The maximum atomic E-state index is 10.9. The van der Waals surface area contributed by atoms with Gasteiger partial charge in [0.2, 0.25) is 5.91 Å². The van der Waals surface area contributed by atoms with Crippen molar-refractivity contribution in [2.45, 2.75) is 13.3 Å². The molecule has 4 nitrogen and oxygen atoms in total. The van der Waals surface area contributed by atoms with Crippen LogP contribution in [0.25, 0.3) is 0 Å². The van der Waals surface area contributed by atoms with Crippen molar-refractivity contribution < 1.29 is 14.3 Å². The Balaban J connectivity index is 1.70. The Bertz CT molecular complexity index is 593. The maximum Gasteiger partial charge on any atom is 0.248 e. The zero-order valence-electron chi connectivity index (χ0n) is 12.0. The molecule has 0 radical (unpaired) electrons. The highest BCUT2D eigenvalue weighted by Gasteiger charge is 2.01. The first-order valence-corrected chi connectivity index (χ1v) is 6.88. The number of para-hydroxylation sites is 1. The van der Waals surface area contributed by atoms with E-state index in [9.17, 15) is 4.79 Å². The molecule has 21 heavy (non-hydrogen) atoms. The number of nitrogens with two attached hydrogens (primary N) is 1. The summed E-state index contributed by atoms with van der Waals surface area (Å²) in [5.41, 5.74) is 6.78. The summed E-state index contributed by atoms with van der Waals surface area (Å²) in [6.45, 7) is 3.18. The van der Waals surface area contributed by atoms with E-state index in [1.165, 1.54) is 0 Å². The Morgan fingerprint density at radius 3 is 2.33 bits per heavy atom.